The second kappa shape index (κ2) is 5.66. The highest BCUT2D eigenvalue weighted by Crippen LogP contribution is 2.32. The van der Waals surface area contributed by atoms with E-state index in [9.17, 15) is 13.2 Å². The first-order valence-corrected chi connectivity index (χ1v) is 5.75. The third-order valence-electron chi connectivity index (χ3n) is 2.44. The van der Waals surface area contributed by atoms with Gasteiger partial charge in [-0.05, 0) is 12.1 Å². The predicted octanol–water partition coefficient (Wildman–Crippen LogP) is 3.20. The number of nitrogens with one attached hydrogen (secondary N) is 1. The quantitative estimate of drug-likeness (QED) is 0.941. The van der Waals surface area contributed by atoms with E-state index in [2.05, 4.69) is 15.3 Å². The molecular formula is C13H9F3N4O. The summed E-state index contributed by atoms with van der Waals surface area (Å²) >= 11 is 0. The van der Waals surface area contributed by atoms with E-state index in [1.807, 2.05) is 6.07 Å². The van der Waals surface area contributed by atoms with Crippen molar-refractivity contribution in [1.29, 1.82) is 5.26 Å². The number of nitriles is 1. The summed E-state index contributed by atoms with van der Waals surface area (Å²) in [5.41, 5.74) is -0.943. The summed E-state index contributed by atoms with van der Waals surface area (Å²) < 4.78 is 43.5. The Morgan fingerprint density at radius 1 is 1.24 bits per heavy atom. The molecule has 0 amide bonds. The SMILES string of the molecule is CNc1nc(Oc2ccccc2C#N)cc(C(F)(F)F)n1. The highest BCUT2D eigenvalue weighted by Gasteiger charge is 2.34. The molecule has 0 bridgehead atoms. The molecule has 0 spiro atoms. The van der Waals surface area contributed by atoms with E-state index in [0.29, 0.717) is 6.07 Å². The number of para-hydroxylation sites is 1. The Kier molecular flexibility index (Phi) is 3.93. The molecule has 1 aromatic carbocycles. The van der Waals surface area contributed by atoms with Crippen LogP contribution in [0.15, 0.2) is 30.3 Å². The van der Waals surface area contributed by atoms with E-state index < -0.39 is 11.9 Å². The van der Waals surface area contributed by atoms with Crippen molar-refractivity contribution < 1.29 is 17.9 Å². The van der Waals surface area contributed by atoms with Gasteiger partial charge in [0.15, 0.2) is 5.69 Å². The normalized spacial score (nSPS) is 10.8. The van der Waals surface area contributed by atoms with Crippen molar-refractivity contribution in [1.82, 2.24) is 9.97 Å². The lowest BCUT2D eigenvalue weighted by molar-refractivity contribution is -0.141. The molecule has 2 rings (SSSR count). The van der Waals surface area contributed by atoms with Gasteiger partial charge in [0.2, 0.25) is 11.8 Å². The van der Waals surface area contributed by atoms with E-state index in [4.69, 9.17) is 10.00 Å². The van der Waals surface area contributed by atoms with E-state index in [1.54, 1.807) is 12.1 Å². The first-order valence-electron chi connectivity index (χ1n) is 5.75. The fourth-order valence-corrected chi connectivity index (χ4v) is 1.49. The Hall–Kier alpha value is -2.82. The molecule has 0 fully saturated rings. The Labute approximate surface area is 118 Å². The Balaban J connectivity index is 2.42. The molecule has 0 atom stereocenters. The van der Waals surface area contributed by atoms with Crippen molar-refractivity contribution in [2.45, 2.75) is 6.18 Å². The molecular weight excluding hydrogens is 285 g/mol. The molecule has 0 aliphatic heterocycles. The fourth-order valence-electron chi connectivity index (χ4n) is 1.49. The first kappa shape index (κ1) is 14.6. The van der Waals surface area contributed by atoms with Gasteiger partial charge in [0.25, 0.3) is 0 Å². The molecule has 1 aromatic heterocycles. The van der Waals surface area contributed by atoms with Crippen LogP contribution in [-0.4, -0.2) is 17.0 Å². The van der Waals surface area contributed by atoms with Crippen molar-refractivity contribution in [3.63, 3.8) is 0 Å². The standard InChI is InChI=1S/C13H9F3N4O/c1-18-12-19-10(13(14,15)16)6-11(20-12)21-9-5-3-2-4-8(9)7-17/h2-6H,1H3,(H,18,19,20). The molecule has 0 unspecified atom stereocenters. The lowest BCUT2D eigenvalue weighted by Gasteiger charge is -2.11. The van der Waals surface area contributed by atoms with Crippen molar-refractivity contribution in [2.75, 3.05) is 12.4 Å². The fraction of sp³-hybridized carbons (Fsp3) is 0.154. The monoisotopic (exact) mass is 294 g/mol. The molecule has 0 saturated heterocycles. The summed E-state index contributed by atoms with van der Waals surface area (Å²) in [7, 11) is 1.39. The van der Waals surface area contributed by atoms with Crippen LogP contribution in [0, 0.1) is 11.3 Å². The van der Waals surface area contributed by atoms with Crippen LogP contribution in [0.1, 0.15) is 11.3 Å². The molecule has 108 valence electrons. The van der Waals surface area contributed by atoms with Gasteiger partial charge in [0, 0.05) is 13.1 Å². The highest BCUT2D eigenvalue weighted by atomic mass is 19.4. The van der Waals surface area contributed by atoms with Gasteiger partial charge in [-0.3, -0.25) is 0 Å². The Morgan fingerprint density at radius 3 is 2.57 bits per heavy atom. The van der Waals surface area contributed by atoms with Gasteiger partial charge in [0.05, 0.1) is 5.56 Å². The first-order chi connectivity index (χ1) is 9.94. The number of ether oxygens (including phenoxy) is 1. The number of hydrogen-bond acceptors (Lipinski definition) is 5. The minimum Gasteiger partial charge on any atom is -0.437 e. The summed E-state index contributed by atoms with van der Waals surface area (Å²) in [4.78, 5) is 7.10. The molecule has 2 aromatic rings. The molecule has 1 N–H and O–H groups in total. The van der Waals surface area contributed by atoms with E-state index in [-0.39, 0.29) is 23.1 Å². The topological polar surface area (TPSA) is 70.8 Å². The van der Waals surface area contributed by atoms with Crippen LogP contribution < -0.4 is 10.1 Å². The zero-order valence-corrected chi connectivity index (χ0v) is 10.8. The zero-order chi connectivity index (χ0) is 15.5. The number of halogens is 3. The van der Waals surface area contributed by atoms with Gasteiger partial charge in [-0.25, -0.2) is 4.98 Å². The number of rotatable bonds is 3. The Morgan fingerprint density at radius 2 is 1.95 bits per heavy atom. The molecule has 21 heavy (non-hydrogen) atoms. The van der Waals surface area contributed by atoms with Gasteiger partial charge in [-0.15, -0.1) is 0 Å². The zero-order valence-electron chi connectivity index (χ0n) is 10.8. The van der Waals surface area contributed by atoms with E-state index >= 15 is 0 Å². The molecule has 8 heteroatoms. The number of alkyl halides is 3. The van der Waals surface area contributed by atoms with Crippen LogP contribution in [0.4, 0.5) is 19.1 Å². The van der Waals surface area contributed by atoms with Gasteiger partial charge in [-0.2, -0.15) is 23.4 Å². The lowest BCUT2D eigenvalue weighted by Crippen LogP contribution is -2.11. The minimum absolute atomic E-state index is 0.119. The van der Waals surface area contributed by atoms with Gasteiger partial charge in [-0.1, -0.05) is 12.1 Å². The molecule has 0 aliphatic rings. The van der Waals surface area contributed by atoms with E-state index in [0.717, 1.165) is 0 Å². The van der Waals surface area contributed by atoms with Gasteiger partial charge < -0.3 is 10.1 Å². The summed E-state index contributed by atoms with van der Waals surface area (Å²) in [6, 6.07) is 8.72. The van der Waals surface area contributed by atoms with Crippen LogP contribution in [0.25, 0.3) is 0 Å². The maximum atomic E-state index is 12.7. The number of benzene rings is 1. The maximum Gasteiger partial charge on any atom is 0.433 e. The molecule has 0 aliphatic carbocycles. The van der Waals surface area contributed by atoms with Crippen molar-refractivity contribution in [3.8, 4) is 17.7 Å². The molecule has 0 radical (unpaired) electrons. The number of anilines is 1. The third-order valence-corrected chi connectivity index (χ3v) is 2.44. The molecule has 5 nitrogen and oxygen atoms in total. The summed E-state index contributed by atoms with van der Waals surface area (Å²) in [6.07, 6.45) is -4.62. The smallest absolute Gasteiger partial charge is 0.433 e. The average Bonchev–Trinajstić information content (AvgIpc) is 2.46. The van der Waals surface area contributed by atoms with Gasteiger partial charge >= 0.3 is 6.18 Å². The van der Waals surface area contributed by atoms with Crippen molar-refractivity contribution in [2.24, 2.45) is 0 Å². The lowest BCUT2D eigenvalue weighted by atomic mass is 10.2. The number of aromatic nitrogens is 2. The van der Waals surface area contributed by atoms with Gasteiger partial charge in [0.1, 0.15) is 11.8 Å². The second-order valence-electron chi connectivity index (χ2n) is 3.87. The van der Waals surface area contributed by atoms with Crippen LogP contribution in [0.5, 0.6) is 11.6 Å². The third kappa shape index (κ3) is 3.39. The summed E-state index contributed by atoms with van der Waals surface area (Å²) in [5, 5.41) is 11.4. The summed E-state index contributed by atoms with van der Waals surface area (Å²) in [5.74, 6) is -0.410. The van der Waals surface area contributed by atoms with Crippen LogP contribution in [-0.2, 0) is 6.18 Å². The van der Waals surface area contributed by atoms with E-state index in [1.165, 1.54) is 19.2 Å². The van der Waals surface area contributed by atoms with Crippen LogP contribution >= 0.6 is 0 Å². The summed E-state index contributed by atoms with van der Waals surface area (Å²) in [6.45, 7) is 0. The highest BCUT2D eigenvalue weighted by molar-refractivity contribution is 5.45. The average molecular weight is 294 g/mol. The van der Waals surface area contributed by atoms with Crippen LogP contribution in [0.3, 0.4) is 0 Å². The second-order valence-corrected chi connectivity index (χ2v) is 3.87. The number of nitrogens with zero attached hydrogens (tertiary/aromatic N) is 3. The largest absolute Gasteiger partial charge is 0.437 e. The Bertz CT molecular complexity index is 695. The maximum absolute atomic E-state index is 12.7. The minimum atomic E-state index is -4.62. The van der Waals surface area contributed by atoms with Crippen LogP contribution in [0.2, 0.25) is 0 Å². The molecule has 0 saturated carbocycles. The molecule has 1 heterocycles. The number of hydrogen-bond donors (Lipinski definition) is 1. The predicted molar refractivity (Wildman–Crippen MR) is 67.8 cm³/mol. The van der Waals surface area contributed by atoms with Crippen molar-refractivity contribution >= 4 is 5.95 Å². The van der Waals surface area contributed by atoms with Crippen molar-refractivity contribution in [3.05, 3.63) is 41.6 Å².